The summed E-state index contributed by atoms with van der Waals surface area (Å²) in [6, 6.07) is 8.50. The van der Waals surface area contributed by atoms with Crippen molar-refractivity contribution in [3.05, 3.63) is 82.0 Å². The minimum Gasteiger partial charge on any atom is -0.352 e. The van der Waals surface area contributed by atoms with Crippen LogP contribution in [0.25, 0.3) is 0 Å². The molecule has 0 bridgehead atoms. The topological polar surface area (TPSA) is 29.1 Å². The Morgan fingerprint density at radius 3 is 1.71 bits per heavy atom. The fourth-order valence-electron chi connectivity index (χ4n) is 4.03. The molecule has 35 heavy (non-hydrogen) atoms. The molecule has 0 saturated heterocycles. The summed E-state index contributed by atoms with van der Waals surface area (Å²) in [4.78, 5) is 12.6. The molecule has 0 aliphatic carbocycles. The zero-order valence-electron chi connectivity index (χ0n) is 23.8. The highest BCUT2D eigenvalue weighted by molar-refractivity contribution is 5.83. The summed E-state index contributed by atoms with van der Waals surface area (Å²) in [5.74, 6) is 0.600. The van der Waals surface area contributed by atoms with Crippen molar-refractivity contribution < 1.29 is 4.79 Å². The van der Waals surface area contributed by atoms with Gasteiger partial charge in [0.15, 0.2) is 0 Å². The normalized spacial score (nSPS) is 13.7. The van der Waals surface area contributed by atoms with Crippen LogP contribution in [0.2, 0.25) is 0 Å². The monoisotopic (exact) mass is 477 g/mol. The van der Waals surface area contributed by atoms with Gasteiger partial charge in [-0.15, -0.1) is 0 Å². The minimum absolute atomic E-state index is 0.0885. The summed E-state index contributed by atoms with van der Waals surface area (Å²) in [6.07, 6.45) is 17.0. The van der Waals surface area contributed by atoms with Crippen molar-refractivity contribution in [2.45, 2.75) is 106 Å². The van der Waals surface area contributed by atoms with Crippen LogP contribution in [0, 0.1) is 5.92 Å². The smallest absolute Gasteiger partial charge is 0.227 e. The van der Waals surface area contributed by atoms with Crippen LogP contribution in [0.15, 0.2) is 70.9 Å². The number of allylic oxidation sites excluding steroid dienone is 7. The van der Waals surface area contributed by atoms with Crippen LogP contribution in [-0.2, 0) is 11.2 Å². The molecule has 0 aromatic heterocycles. The van der Waals surface area contributed by atoms with Crippen LogP contribution in [0.3, 0.4) is 0 Å². The number of amides is 1. The van der Waals surface area contributed by atoms with Crippen molar-refractivity contribution in [2.75, 3.05) is 6.54 Å². The number of rotatable bonds is 15. The molecular weight excluding hydrogens is 426 g/mol. The van der Waals surface area contributed by atoms with Gasteiger partial charge >= 0.3 is 0 Å². The van der Waals surface area contributed by atoms with E-state index in [1.807, 2.05) is 6.92 Å². The van der Waals surface area contributed by atoms with Gasteiger partial charge in [-0.2, -0.15) is 0 Å². The third kappa shape index (κ3) is 14.6. The Balaban J connectivity index is 2.34. The van der Waals surface area contributed by atoms with Crippen LogP contribution in [-0.4, -0.2) is 12.5 Å². The predicted octanol–water partition coefficient (Wildman–Crippen LogP) is 9.25. The van der Waals surface area contributed by atoms with Gasteiger partial charge in [-0.3, -0.25) is 4.79 Å². The maximum absolute atomic E-state index is 12.6. The predicted molar refractivity (Wildman–Crippen MR) is 155 cm³/mol. The summed E-state index contributed by atoms with van der Waals surface area (Å²) < 4.78 is 0. The van der Waals surface area contributed by atoms with Gasteiger partial charge in [0.05, 0.1) is 5.92 Å². The Hall–Kier alpha value is -2.35. The molecule has 0 heterocycles. The molecular formula is C33H51NO. The molecule has 1 unspecified atom stereocenters. The second-order valence-corrected chi connectivity index (χ2v) is 10.9. The summed E-state index contributed by atoms with van der Waals surface area (Å²) in [5, 5.41) is 3.08. The lowest BCUT2D eigenvalue weighted by molar-refractivity contribution is -0.122. The second kappa shape index (κ2) is 17.1. The fraction of sp³-hybridized carbons (Fsp3) is 0.545. The van der Waals surface area contributed by atoms with Gasteiger partial charge in [0.25, 0.3) is 0 Å². The van der Waals surface area contributed by atoms with E-state index in [0.717, 1.165) is 50.5 Å². The Bertz CT molecular complexity index is 876. The average molecular weight is 478 g/mol. The first-order chi connectivity index (χ1) is 16.6. The molecule has 194 valence electrons. The van der Waals surface area contributed by atoms with E-state index in [0.29, 0.717) is 12.5 Å². The molecule has 0 spiro atoms. The molecule has 1 N–H and O–H groups in total. The second-order valence-electron chi connectivity index (χ2n) is 10.9. The lowest BCUT2D eigenvalue weighted by Crippen LogP contribution is -2.28. The molecule has 2 nitrogen and oxygen atoms in total. The van der Waals surface area contributed by atoms with Crippen molar-refractivity contribution in [2.24, 2.45) is 5.92 Å². The van der Waals surface area contributed by atoms with Gasteiger partial charge in [0.2, 0.25) is 5.91 Å². The molecule has 1 rings (SSSR count). The highest BCUT2D eigenvalue weighted by Gasteiger charge is 2.14. The van der Waals surface area contributed by atoms with Gasteiger partial charge in [-0.25, -0.2) is 0 Å². The zero-order chi connectivity index (χ0) is 26.2. The molecule has 0 fully saturated rings. The largest absolute Gasteiger partial charge is 0.352 e. The van der Waals surface area contributed by atoms with Crippen LogP contribution < -0.4 is 5.32 Å². The van der Waals surface area contributed by atoms with Gasteiger partial charge in [0, 0.05) is 6.54 Å². The highest BCUT2D eigenvalue weighted by Crippen LogP contribution is 2.18. The van der Waals surface area contributed by atoms with E-state index >= 15 is 0 Å². The molecule has 2 heteroatoms. The number of carbonyl (C=O) groups excluding carboxylic acids is 1. The summed E-state index contributed by atoms with van der Waals surface area (Å²) in [5.41, 5.74) is 8.10. The van der Waals surface area contributed by atoms with Crippen LogP contribution >= 0.6 is 0 Å². The van der Waals surface area contributed by atoms with Gasteiger partial charge in [0.1, 0.15) is 0 Å². The first-order valence-corrected chi connectivity index (χ1v) is 13.5. The first kappa shape index (κ1) is 30.7. The Labute approximate surface area is 216 Å². The number of hydrogen-bond acceptors (Lipinski definition) is 1. The summed E-state index contributed by atoms with van der Waals surface area (Å²) in [6.45, 7) is 18.0. The standard InChI is InChI=1S/C33H51NO/c1-25(2)12-9-13-27(5)14-10-15-28(6)16-11-17-29(7)22-23-34-33(35)30(8)32-20-18-31(19-21-32)24-26(3)4/h12,14,16,18-22,26,30H,9-11,13,15,17,23-24H2,1-8H3,(H,34,35)/b27-14+,28-16+,29-22+. The van der Waals surface area contributed by atoms with Crippen molar-refractivity contribution >= 4 is 5.91 Å². The molecule has 0 radical (unpaired) electrons. The third-order valence-corrected chi connectivity index (χ3v) is 6.40. The first-order valence-electron chi connectivity index (χ1n) is 13.5. The van der Waals surface area contributed by atoms with E-state index in [4.69, 9.17) is 0 Å². The number of benzene rings is 1. The Morgan fingerprint density at radius 1 is 0.743 bits per heavy atom. The fourth-order valence-corrected chi connectivity index (χ4v) is 4.03. The maximum atomic E-state index is 12.6. The molecule has 1 aromatic carbocycles. The molecule has 1 amide bonds. The molecule has 0 saturated carbocycles. The lowest BCUT2D eigenvalue weighted by Gasteiger charge is -2.13. The van der Waals surface area contributed by atoms with E-state index in [-0.39, 0.29) is 11.8 Å². The van der Waals surface area contributed by atoms with E-state index in [1.165, 1.54) is 27.9 Å². The van der Waals surface area contributed by atoms with Crippen molar-refractivity contribution in [1.29, 1.82) is 0 Å². The lowest BCUT2D eigenvalue weighted by atomic mass is 9.96. The quantitative estimate of drug-likeness (QED) is 0.251. The van der Waals surface area contributed by atoms with Crippen LogP contribution in [0.1, 0.15) is 111 Å². The highest BCUT2D eigenvalue weighted by atomic mass is 16.1. The number of hydrogen-bond donors (Lipinski definition) is 1. The molecule has 1 aromatic rings. The van der Waals surface area contributed by atoms with E-state index < -0.39 is 0 Å². The van der Waals surface area contributed by atoms with Crippen LogP contribution in [0.4, 0.5) is 0 Å². The van der Waals surface area contributed by atoms with E-state index in [2.05, 4.69) is 102 Å². The summed E-state index contributed by atoms with van der Waals surface area (Å²) >= 11 is 0. The minimum atomic E-state index is -0.132. The van der Waals surface area contributed by atoms with Crippen LogP contribution in [0.5, 0.6) is 0 Å². The van der Waals surface area contributed by atoms with Gasteiger partial charge in [-0.05, 0) is 104 Å². The number of carbonyl (C=O) groups is 1. The third-order valence-electron chi connectivity index (χ3n) is 6.40. The number of nitrogens with one attached hydrogen (secondary N) is 1. The van der Waals surface area contributed by atoms with E-state index in [1.54, 1.807) is 0 Å². The van der Waals surface area contributed by atoms with Gasteiger partial charge < -0.3 is 5.32 Å². The van der Waals surface area contributed by atoms with Crippen molar-refractivity contribution in [3.63, 3.8) is 0 Å². The molecule has 0 aliphatic heterocycles. The molecule has 0 aliphatic rings. The Kier molecular flexibility index (Phi) is 15.0. The summed E-state index contributed by atoms with van der Waals surface area (Å²) in [7, 11) is 0. The van der Waals surface area contributed by atoms with E-state index in [9.17, 15) is 4.79 Å². The SMILES string of the molecule is CC(C)=CCC/C(C)=C/CC/C(C)=C/CC/C(C)=C/CNC(=O)C(C)c1ccc(CC(C)C)cc1. The average Bonchev–Trinajstić information content (AvgIpc) is 2.78. The van der Waals surface area contributed by atoms with Gasteiger partial charge in [-0.1, -0.05) is 84.7 Å². The zero-order valence-corrected chi connectivity index (χ0v) is 23.8. The maximum Gasteiger partial charge on any atom is 0.227 e. The van der Waals surface area contributed by atoms with Crippen molar-refractivity contribution in [3.8, 4) is 0 Å². The Morgan fingerprint density at radius 2 is 1.23 bits per heavy atom. The van der Waals surface area contributed by atoms with Crippen molar-refractivity contribution in [1.82, 2.24) is 5.32 Å². The molecule has 1 atom stereocenters.